The first-order chi connectivity index (χ1) is 16.8. The normalized spacial score (nSPS) is 20.2. The van der Waals surface area contributed by atoms with Crippen LogP contribution < -0.4 is 5.32 Å². The molecule has 0 spiro atoms. The minimum absolute atomic E-state index is 0.0243. The van der Waals surface area contributed by atoms with E-state index in [-0.39, 0.29) is 31.4 Å². The van der Waals surface area contributed by atoms with Crippen LogP contribution >= 0.6 is 0 Å². The van der Waals surface area contributed by atoms with Gasteiger partial charge in [-0.1, -0.05) is 55.5 Å². The fourth-order valence-corrected chi connectivity index (χ4v) is 5.04. The molecule has 0 bridgehead atoms. The monoisotopic (exact) mass is 486 g/mol. The maximum absolute atomic E-state index is 13.3. The largest absolute Gasteiger partial charge is 0.480 e. The highest BCUT2D eigenvalue weighted by atomic mass is 19.3. The molecular weight excluding hydrogens is 458 g/mol. The minimum Gasteiger partial charge on any atom is -0.480 e. The van der Waals surface area contributed by atoms with Gasteiger partial charge < -0.3 is 20.1 Å². The average Bonchev–Trinajstić information content (AvgIpc) is 3.15. The molecule has 1 saturated heterocycles. The zero-order valence-electron chi connectivity index (χ0n) is 19.3. The molecule has 3 unspecified atom stereocenters. The van der Waals surface area contributed by atoms with E-state index in [0.717, 1.165) is 27.2 Å². The fraction of sp³-hybridized carbons (Fsp3) is 0.423. The van der Waals surface area contributed by atoms with Crippen LogP contribution in [0, 0.1) is 5.92 Å². The number of alkyl halides is 2. The molecule has 1 heterocycles. The van der Waals surface area contributed by atoms with Crippen molar-refractivity contribution >= 4 is 18.0 Å². The number of carbonyl (C=O) groups is 3. The molecule has 1 aliphatic heterocycles. The van der Waals surface area contributed by atoms with Gasteiger partial charge in [-0.2, -0.15) is 0 Å². The standard InChI is InChI=1S/C26H28F2N2O5/c1-15-10-11-22(25(32)33)30(13-15)24(31)21(12-23(27)28)29-26(34)35-14-20-18-8-4-2-6-16(18)17-7-3-5-9-19(17)20/h2-9,15,20-23H,10-14H2,1H3,(H,29,34)(H,32,33). The third kappa shape index (κ3) is 5.28. The summed E-state index contributed by atoms with van der Waals surface area (Å²) in [6, 6.07) is 12.8. The predicted molar refractivity (Wildman–Crippen MR) is 124 cm³/mol. The number of carboxylic acid groups (broad SMARTS) is 1. The quantitative estimate of drug-likeness (QED) is 0.610. The van der Waals surface area contributed by atoms with E-state index in [4.69, 9.17) is 4.74 Å². The summed E-state index contributed by atoms with van der Waals surface area (Å²) in [5.74, 6) is -2.23. The molecule has 1 aliphatic carbocycles. The molecular formula is C26H28F2N2O5. The summed E-state index contributed by atoms with van der Waals surface area (Å²) in [7, 11) is 0. The SMILES string of the molecule is CC1CCC(C(=O)O)N(C(=O)C(CC(F)F)NC(=O)OCC2c3ccccc3-c3ccccc32)C1. The number of nitrogens with one attached hydrogen (secondary N) is 1. The number of nitrogens with zero attached hydrogens (tertiary/aromatic N) is 1. The lowest BCUT2D eigenvalue weighted by molar-refractivity contribution is -0.154. The number of ether oxygens (including phenoxy) is 1. The van der Waals surface area contributed by atoms with Crippen LogP contribution in [0.15, 0.2) is 48.5 Å². The predicted octanol–water partition coefficient (Wildman–Crippen LogP) is 4.26. The lowest BCUT2D eigenvalue weighted by Crippen LogP contribution is -2.57. The van der Waals surface area contributed by atoms with Crippen molar-refractivity contribution in [3.63, 3.8) is 0 Å². The van der Waals surface area contributed by atoms with Crippen LogP contribution in [0.25, 0.3) is 11.1 Å². The first-order valence-electron chi connectivity index (χ1n) is 11.7. The van der Waals surface area contributed by atoms with Gasteiger partial charge in [0.2, 0.25) is 12.3 Å². The number of benzene rings is 2. The summed E-state index contributed by atoms with van der Waals surface area (Å²) in [5, 5.41) is 11.8. The second-order valence-electron chi connectivity index (χ2n) is 9.18. The Balaban J connectivity index is 1.46. The minimum atomic E-state index is -2.87. The summed E-state index contributed by atoms with van der Waals surface area (Å²) in [4.78, 5) is 38.4. The zero-order valence-corrected chi connectivity index (χ0v) is 19.3. The molecule has 2 aromatic rings. The summed E-state index contributed by atoms with van der Waals surface area (Å²) in [5.41, 5.74) is 4.07. The first-order valence-corrected chi connectivity index (χ1v) is 11.7. The molecule has 2 aliphatic rings. The third-order valence-electron chi connectivity index (χ3n) is 6.73. The van der Waals surface area contributed by atoms with Crippen LogP contribution in [0.2, 0.25) is 0 Å². The number of alkyl carbamates (subject to hydrolysis) is 1. The van der Waals surface area contributed by atoms with Crippen LogP contribution in [-0.2, 0) is 14.3 Å². The lowest BCUT2D eigenvalue weighted by Gasteiger charge is -2.38. The molecule has 186 valence electrons. The number of rotatable bonds is 7. The van der Waals surface area contributed by atoms with Crippen molar-refractivity contribution < 1.29 is 33.0 Å². The van der Waals surface area contributed by atoms with Crippen LogP contribution in [0.4, 0.5) is 13.6 Å². The number of hydrogen-bond donors (Lipinski definition) is 2. The Morgan fingerprint density at radius 2 is 1.66 bits per heavy atom. The molecule has 35 heavy (non-hydrogen) atoms. The molecule has 1 fully saturated rings. The van der Waals surface area contributed by atoms with Gasteiger partial charge in [-0.3, -0.25) is 4.79 Å². The molecule has 0 aromatic heterocycles. The summed E-state index contributed by atoms with van der Waals surface area (Å²) < 4.78 is 32.0. The zero-order chi connectivity index (χ0) is 25.1. The second kappa shape index (κ2) is 10.4. The number of carboxylic acids is 1. The third-order valence-corrected chi connectivity index (χ3v) is 6.73. The highest BCUT2D eigenvalue weighted by Gasteiger charge is 2.39. The van der Waals surface area contributed by atoms with E-state index >= 15 is 0 Å². The van der Waals surface area contributed by atoms with Crippen molar-refractivity contribution in [1.82, 2.24) is 10.2 Å². The van der Waals surface area contributed by atoms with Crippen molar-refractivity contribution in [3.05, 3.63) is 59.7 Å². The van der Waals surface area contributed by atoms with Gasteiger partial charge in [0.05, 0.1) is 0 Å². The summed E-state index contributed by atoms with van der Waals surface area (Å²) in [6.07, 6.45) is -3.96. The van der Waals surface area contributed by atoms with E-state index in [9.17, 15) is 28.3 Å². The van der Waals surface area contributed by atoms with Gasteiger partial charge in [0.25, 0.3) is 0 Å². The lowest BCUT2D eigenvalue weighted by atomic mass is 9.93. The van der Waals surface area contributed by atoms with Crippen molar-refractivity contribution in [3.8, 4) is 11.1 Å². The Morgan fingerprint density at radius 1 is 1.06 bits per heavy atom. The Bertz CT molecular complexity index is 1060. The van der Waals surface area contributed by atoms with Gasteiger partial charge in [0.1, 0.15) is 18.7 Å². The van der Waals surface area contributed by atoms with Crippen molar-refractivity contribution in [2.24, 2.45) is 5.92 Å². The molecule has 9 heteroatoms. The van der Waals surface area contributed by atoms with E-state index in [1.54, 1.807) is 0 Å². The Morgan fingerprint density at radius 3 is 2.23 bits per heavy atom. The molecule has 0 saturated carbocycles. The number of hydrogen-bond acceptors (Lipinski definition) is 4. The number of carbonyl (C=O) groups excluding carboxylic acids is 2. The van der Waals surface area contributed by atoms with Crippen LogP contribution in [0.3, 0.4) is 0 Å². The van der Waals surface area contributed by atoms with Gasteiger partial charge in [-0.25, -0.2) is 18.4 Å². The van der Waals surface area contributed by atoms with Crippen LogP contribution in [-0.4, -0.2) is 59.6 Å². The van der Waals surface area contributed by atoms with E-state index in [1.807, 2.05) is 55.5 Å². The Labute approximate surface area is 202 Å². The van der Waals surface area contributed by atoms with Gasteiger partial charge in [0, 0.05) is 18.9 Å². The molecule has 2 amide bonds. The molecule has 3 atom stereocenters. The number of fused-ring (bicyclic) bond motifs is 3. The van der Waals surface area contributed by atoms with Gasteiger partial charge in [-0.15, -0.1) is 0 Å². The summed E-state index contributed by atoms with van der Waals surface area (Å²) >= 11 is 0. The first kappa shape index (κ1) is 24.6. The average molecular weight is 487 g/mol. The number of piperidine rings is 1. The second-order valence-corrected chi connectivity index (χ2v) is 9.18. The van der Waals surface area contributed by atoms with E-state index < -0.39 is 42.9 Å². The highest BCUT2D eigenvalue weighted by molar-refractivity contribution is 5.89. The molecule has 2 aromatic carbocycles. The molecule has 2 N–H and O–H groups in total. The van der Waals surface area contributed by atoms with Crippen molar-refractivity contribution in [1.29, 1.82) is 0 Å². The van der Waals surface area contributed by atoms with Crippen molar-refractivity contribution in [2.45, 2.75) is 50.6 Å². The fourth-order valence-electron chi connectivity index (χ4n) is 5.04. The Kier molecular flexibility index (Phi) is 7.33. The van der Waals surface area contributed by atoms with Crippen molar-refractivity contribution in [2.75, 3.05) is 13.2 Å². The van der Waals surface area contributed by atoms with E-state index in [2.05, 4.69) is 5.32 Å². The Hall–Kier alpha value is -3.49. The highest BCUT2D eigenvalue weighted by Crippen LogP contribution is 2.44. The maximum Gasteiger partial charge on any atom is 0.407 e. The van der Waals surface area contributed by atoms with Gasteiger partial charge in [-0.05, 0) is 41.0 Å². The van der Waals surface area contributed by atoms with Crippen LogP contribution in [0.5, 0.6) is 0 Å². The number of amides is 2. The number of aliphatic carboxylic acids is 1. The van der Waals surface area contributed by atoms with Gasteiger partial charge >= 0.3 is 12.1 Å². The van der Waals surface area contributed by atoms with E-state index in [1.165, 1.54) is 0 Å². The molecule has 4 rings (SSSR count). The smallest absolute Gasteiger partial charge is 0.407 e. The van der Waals surface area contributed by atoms with Gasteiger partial charge in [0.15, 0.2) is 0 Å². The van der Waals surface area contributed by atoms with Crippen LogP contribution in [0.1, 0.15) is 43.2 Å². The molecule has 7 nitrogen and oxygen atoms in total. The summed E-state index contributed by atoms with van der Waals surface area (Å²) in [6.45, 7) is 1.95. The topological polar surface area (TPSA) is 95.9 Å². The maximum atomic E-state index is 13.3. The van der Waals surface area contributed by atoms with E-state index in [0.29, 0.717) is 6.42 Å². The number of likely N-dealkylation sites (tertiary alicyclic amines) is 1. The molecule has 0 radical (unpaired) electrons. The number of halogens is 2.